The van der Waals surface area contributed by atoms with E-state index < -0.39 is 11.4 Å². The summed E-state index contributed by atoms with van der Waals surface area (Å²) in [6.07, 6.45) is 0. The first-order valence-electron chi connectivity index (χ1n) is 9.25. The molecule has 0 saturated heterocycles. The van der Waals surface area contributed by atoms with E-state index in [9.17, 15) is 9.59 Å². The summed E-state index contributed by atoms with van der Waals surface area (Å²) in [7, 11) is 2.94. The third kappa shape index (κ3) is 4.77. The Kier molecular flexibility index (Phi) is 6.68. The zero-order valence-corrected chi connectivity index (χ0v) is 17.8. The molecular weight excluding hydrogens is 402 g/mol. The fraction of sp³-hybridized carbons (Fsp3) is 0.227. The number of methoxy groups -OCH3 is 2. The zero-order valence-electron chi connectivity index (χ0n) is 17.0. The summed E-state index contributed by atoms with van der Waals surface area (Å²) in [6.45, 7) is 1.83. The number of thiazole rings is 1. The van der Waals surface area contributed by atoms with Crippen LogP contribution in [0.3, 0.4) is 0 Å². The molecule has 0 spiro atoms. The SMILES string of the molecule is COC(=O)C(C)(CNC(=O)c1csc(Nc2ccc(OC)cc2)n1)c1ccccc1. The number of benzene rings is 2. The van der Waals surface area contributed by atoms with Crippen molar-refractivity contribution in [1.82, 2.24) is 10.3 Å². The van der Waals surface area contributed by atoms with Gasteiger partial charge in [-0.2, -0.15) is 0 Å². The summed E-state index contributed by atoms with van der Waals surface area (Å²) in [5, 5.41) is 8.21. The number of hydrogen-bond donors (Lipinski definition) is 2. The summed E-state index contributed by atoms with van der Waals surface area (Å²) >= 11 is 1.32. The molecule has 1 aromatic heterocycles. The summed E-state index contributed by atoms with van der Waals surface area (Å²) in [5.41, 5.74) is 0.860. The lowest BCUT2D eigenvalue weighted by Gasteiger charge is -2.27. The lowest BCUT2D eigenvalue weighted by Crippen LogP contribution is -2.45. The fourth-order valence-corrected chi connectivity index (χ4v) is 3.62. The van der Waals surface area contributed by atoms with E-state index in [1.807, 2.05) is 54.6 Å². The van der Waals surface area contributed by atoms with E-state index in [1.54, 1.807) is 19.4 Å². The van der Waals surface area contributed by atoms with Gasteiger partial charge in [-0.15, -0.1) is 11.3 Å². The van der Waals surface area contributed by atoms with Crippen molar-refractivity contribution in [2.75, 3.05) is 26.1 Å². The first kappa shape index (κ1) is 21.3. The van der Waals surface area contributed by atoms with E-state index in [2.05, 4.69) is 15.6 Å². The molecule has 8 heteroatoms. The van der Waals surface area contributed by atoms with Gasteiger partial charge in [0.15, 0.2) is 5.13 Å². The van der Waals surface area contributed by atoms with Gasteiger partial charge >= 0.3 is 5.97 Å². The first-order valence-corrected chi connectivity index (χ1v) is 10.1. The molecular formula is C22H23N3O4S. The number of carbonyl (C=O) groups excluding carboxylic acids is 2. The van der Waals surface area contributed by atoms with Crippen LogP contribution in [0.25, 0.3) is 0 Å². The van der Waals surface area contributed by atoms with E-state index in [4.69, 9.17) is 9.47 Å². The average molecular weight is 426 g/mol. The first-order chi connectivity index (χ1) is 14.5. The highest BCUT2D eigenvalue weighted by atomic mass is 32.1. The number of esters is 1. The highest BCUT2D eigenvalue weighted by Crippen LogP contribution is 2.26. The van der Waals surface area contributed by atoms with Crippen molar-refractivity contribution in [3.63, 3.8) is 0 Å². The number of nitrogens with one attached hydrogen (secondary N) is 2. The quantitative estimate of drug-likeness (QED) is 0.534. The second-order valence-electron chi connectivity index (χ2n) is 6.76. The van der Waals surface area contributed by atoms with E-state index in [-0.39, 0.29) is 18.1 Å². The molecule has 1 atom stereocenters. The van der Waals surface area contributed by atoms with Gasteiger partial charge in [0.25, 0.3) is 5.91 Å². The van der Waals surface area contributed by atoms with Crippen LogP contribution in [0.15, 0.2) is 60.0 Å². The molecule has 30 heavy (non-hydrogen) atoms. The Bertz CT molecular complexity index is 1000. The molecule has 7 nitrogen and oxygen atoms in total. The number of nitrogens with zero attached hydrogens (tertiary/aromatic N) is 1. The number of amides is 1. The van der Waals surface area contributed by atoms with Crippen molar-refractivity contribution < 1.29 is 19.1 Å². The van der Waals surface area contributed by atoms with E-state index in [1.165, 1.54) is 18.4 Å². The molecule has 1 unspecified atom stereocenters. The maximum Gasteiger partial charge on any atom is 0.317 e. The van der Waals surface area contributed by atoms with E-state index in [0.29, 0.717) is 5.13 Å². The molecule has 0 fully saturated rings. The number of ether oxygens (including phenoxy) is 2. The normalized spacial score (nSPS) is 12.5. The molecule has 1 heterocycles. The highest BCUT2D eigenvalue weighted by molar-refractivity contribution is 7.14. The second kappa shape index (κ2) is 9.41. The van der Waals surface area contributed by atoms with Crippen LogP contribution < -0.4 is 15.4 Å². The number of hydrogen-bond acceptors (Lipinski definition) is 7. The highest BCUT2D eigenvalue weighted by Gasteiger charge is 2.37. The van der Waals surface area contributed by atoms with Crippen molar-refractivity contribution >= 4 is 34.0 Å². The molecule has 0 aliphatic carbocycles. The predicted molar refractivity (Wildman–Crippen MR) is 117 cm³/mol. The van der Waals surface area contributed by atoms with Gasteiger partial charge in [0.05, 0.1) is 14.2 Å². The second-order valence-corrected chi connectivity index (χ2v) is 7.62. The summed E-state index contributed by atoms with van der Waals surface area (Å²) in [6, 6.07) is 16.6. The topological polar surface area (TPSA) is 89.5 Å². The molecule has 0 radical (unpaired) electrons. The Balaban J connectivity index is 1.67. The monoisotopic (exact) mass is 425 g/mol. The van der Waals surface area contributed by atoms with Crippen LogP contribution in [0.4, 0.5) is 10.8 Å². The van der Waals surface area contributed by atoms with Crippen LogP contribution in [-0.4, -0.2) is 37.6 Å². The molecule has 0 aliphatic rings. The molecule has 2 aromatic carbocycles. The third-order valence-corrected chi connectivity index (χ3v) is 5.49. The maximum atomic E-state index is 12.6. The van der Waals surface area contributed by atoms with Crippen molar-refractivity contribution in [2.24, 2.45) is 0 Å². The minimum absolute atomic E-state index is 0.0846. The largest absolute Gasteiger partial charge is 0.497 e. The van der Waals surface area contributed by atoms with Gasteiger partial charge in [-0.1, -0.05) is 30.3 Å². The maximum absolute atomic E-state index is 12.6. The number of carbonyl (C=O) groups is 2. The molecule has 3 rings (SSSR count). The minimum Gasteiger partial charge on any atom is -0.497 e. The van der Waals surface area contributed by atoms with Crippen molar-refractivity contribution in [3.05, 3.63) is 71.2 Å². The summed E-state index contributed by atoms with van der Waals surface area (Å²) in [5.74, 6) is -0.0268. The van der Waals surface area contributed by atoms with Gasteiger partial charge in [-0.3, -0.25) is 9.59 Å². The smallest absolute Gasteiger partial charge is 0.317 e. The molecule has 0 bridgehead atoms. The van der Waals surface area contributed by atoms with Gasteiger partial charge in [-0.25, -0.2) is 4.98 Å². The zero-order chi connectivity index (χ0) is 21.6. The Morgan fingerprint density at radius 2 is 1.77 bits per heavy atom. The molecule has 3 aromatic rings. The van der Waals surface area contributed by atoms with Gasteiger partial charge in [-0.05, 0) is 36.8 Å². The van der Waals surface area contributed by atoms with Gasteiger partial charge in [0.1, 0.15) is 16.9 Å². The number of rotatable bonds is 8. The standard InChI is InChI=1S/C22H23N3O4S/c1-22(20(27)29-3,15-7-5-4-6-8-15)14-23-19(26)18-13-30-21(25-18)24-16-9-11-17(28-2)12-10-16/h4-13H,14H2,1-3H3,(H,23,26)(H,24,25). The van der Waals surface area contributed by atoms with Crippen molar-refractivity contribution in [2.45, 2.75) is 12.3 Å². The van der Waals surface area contributed by atoms with Crippen LogP contribution in [0, 0.1) is 0 Å². The van der Waals surface area contributed by atoms with Gasteiger partial charge in [0, 0.05) is 17.6 Å². The van der Waals surface area contributed by atoms with E-state index in [0.717, 1.165) is 17.0 Å². The Morgan fingerprint density at radius 1 is 1.07 bits per heavy atom. The van der Waals surface area contributed by atoms with Crippen LogP contribution in [0.5, 0.6) is 5.75 Å². The lowest BCUT2D eigenvalue weighted by atomic mass is 9.82. The number of aromatic nitrogens is 1. The molecule has 1 amide bonds. The molecule has 2 N–H and O–H groups in total. The Labute approximate surface area is 179 Å². The minimum atomic E-state index is -1.01. The van der Waals surface area contributed by atoms with Gasteiger partial charge < -0.3 is 20.1 Å². The van der Waals surface area contributed by atoms with Crippen LogP contribution >= 0.6 is 11.3 Å². The van der Waals surface area contributed by atoms with Crippen LogP contribution in [0.1, 0.15) is 23.0 Å². The average Bonchev–Trinajstić information content (AvgIpc) is 3.26. The lowest BCUT2D eigenvalue weighted by molar-refractivity contribution is -0.146. The van der Waals surface area contributed by atoms with Crippen LogP contribution in [-0.2, 0) is 14.9 Å². The molecule has 0 aliphatic heterocycles. The molecule has 156 valence electrons. The molecule has 0 saturated carbocycles. The van der Waals surface area contributed by atoms with Crippen molar-refractivity contribution in [3.8, 4) is 5.75 Å². The Morgan fingerprint density at radius 3 is 2.40 bits per heavy atom. The van der Waals surface area contributed by atoms with Gasteiger partial charge in [0.2, 0.25) is 0 Å². The summed E-state index contributed by atoms with van der Waals surface area (Å²) < 4.78 is 10.1. The summed E-state index contributed by atoms with van der Waals surface area (Å²) in [4.78, 5) is 29.4. The third-order valence-electron chi connectivity index (χ3n) is 4.73. The fourth-order valence-electron chi connectivity index (χ4n) is 2.90. The predicted octanol–water partition coefficient (Wildman–Crippen LogP) is 3.76. The Hall–Kier alpha value is -3.39. The van der Waals surface area contributed by atoms with Crippen LogP contribution in [0.2, 0.25) is 0 Å². The van der Waals surface area contributed by atoms with Crippen molar-refractivity contribution in [1.29, 1.82) is 0 Å². The van der Waals surface area contributed by atoms with E-state index >= 15 is 0 Å². The number of anilines is 2.